The molecule has 1 aromatic carbocycles. The molecule has 106 valence electrons. The molecule has 1 unspecified atom stereocenters. The lowest BCUT2D eigenvalue weighted by Gasteiger charge is -2.17. The van der Waals surface area contributed by atoms with Crippen molar-refractivity contribution in [3.63, 3.8) is 0 Å². The van der Waals surface area contributed by atoms with Crippen LogP contribution in [0.4, 0.5) is 0 Å². The van der Waals surface area contributed by atoms with Gasteiger partial charge in [0.05, 0.1) is 11.6 Å². The van der Waals surface area contributed by atoms with E-state index in [0.29, 0.717) is 12.3 Å². The molecule has 0 aromatic heterocycles. The Kier molecular flexibility index (Phi) is 5.11. The summed E-state index contributed by atoms with van der Waals surface area (Å²) >= 11 is 9.36. The number of alkyl halides is 1. The van der Waals surface area contributed by atoms with Crippen molar-refractivity contribution in [3.05, 3.63) is 45.6 Å². The van der Waals surface area contributed by atoms with Crippen LogP contribution in [-0.4, -0.2) is 5.91 Å². The van der Waals surface area contributed by atoms with Gasteiger partial charge in [-0.2, -0.15) is 5.11 Å². The highest BCUT2D eigenvalue weighted by molar-refractivity contribution is 9.10. The molecule has 0 radical (unpaired) electrons. The van der Waals surface area contributed by atoms with Crippen LogP contribution in [0.5, 0.6) is 0 Å². The summed E-state index contributed by atoms with van der Waals surface area (Å²) in [6, 6.07) is 6.03. The molecule has 0 bridgehead atoms. The zero-order valence-electron chi connectivity index (χ0n) is 11.4. The van der Waals surface area contributed by atoms with E-state index in [1.807, 2.05) is 38.1 Å². The summed E-state index contributed by atoms with van der Waals surface area (Å²) in [7, 11) is 0. The summed E-state index contributed by atoms with van der Waals surface area (Å²) < 4.78 is 1.00. The summed E-state index contributed by atoms with van der Waals surface area (Å²) in [4.78, 5) is 11.7. The highest BCUT2D eigenvalue weighted by Gasteiger charge is 2.24. The van der Waals surface area contributed by atoms with Gasteiger partial charge in [-0.05, 0) is 29.2 Å². The second kappa shape index (κ2) is 6.64. The van der Waals surface area contributed by atoms with Crippen molar-refractivity contribution in [2.24, 2.45) is 22.1 Å². The maximum atomic E-state index is 11.7. The monoisotopic (exact) mass is 354 g/mol. The predicted octanol–water partition coefficient (Wildman–Crippen LogP) is 4.88. The van der Waals surface area contributed by atoms with Crippen molar-refractivity contribution in [3.8, 4) is 0 Å². The van der Waals surface area contributed by atoms with Crippen LogP contribution in [-0.2, 0) is 17.1 Å². The number of hydrogen-bond acceptors (Lipinski definition) is 2. The Labute approximate surface area is 132 Å². The fourth-order valence-electron chi connectivity index (χ4n) is 2.08. The molecule has 1 aliphatic heterocycles. The number of benzene rings is 1. The Morgan fingerprint density at radius 2 is 2.10 bits per heavy atom. The Hall–Kier alpha value is -1.00. The summed E-state index contributed by atoms with van der Waals surface area (Å²) in [6.45, 7) is 4.03. The first-order chi connectivity index (χ1) is 9.51. The summed E-state index contributed by atoms with van der Waals surface area (Å²) in [5.74, 6) is 0.410. The van der Waals surface area contributed by atoms with Crippen molar-refractivity contribution in [1.82, 2.24) is 0 Å². The minimum Gasteiger partial charge on any atom is -0.270 e. The van der Waals surface area contributed by atoms with E-state index in [0.717, 1.165) is 21.3 Å². The van der Waals surface area contributed by atoms with Crippen molar-refractivity contribution in [2.45, 2.75) is 26.1 Å². The second-order valence-electron chi connectivity index (χ2n) is 5.20. The number of hydrogen-bond donors (Lipinski definition) is 0. The van der Waals surface area contributed by atoms with E-state index in [4.69, 9.17) is 11.6 Å². The predicted molar refractivity (Wildman–Crippen MR) is 83.7 cm³/mol. The van der Waals surface area contributed by atoms with Crippen LogP contribution in [0.1, 0.15) is 25.0 Å². The Balaban J connectivity index is 2.20. The minimum atomic E-state index is -0.164. The van der Waals surface area contributed by atoms with E-state index < -0.39 is 0 Å². The van der Waals surface area contributed by atoms with Gasteiger partial charge in [0.1, 0.15) is 0 Å². The number of nitrogens with zero attached hydrogens (tertiary/aromatic N) is 2. The first kappa shape index (κ1) is 15.4. The largest absolute Gasteiger partial charge is 0.271 e. The molecule has 0 N–H and O–H groups in total. The molecule has 0 fully saturated rings. The van der Waals surface area contributed by atoms with Gasteiger partial charge in [0, 0.05) is 16.8 Å². The molecular weight excluding hydrogens is 340 g/mol. The Morgan fingerprint density at radius 3 is 2.70 bits per heavy atom. The number of rotatable bonds is 4. The quantitative estimate of drug-likeness (QED) is 0.710. The number of allylic oxidation sites excluding steroid dienone is 1. The van der Waals surface area contributed by atoms with Crippen LogP contribution >= 0.6 is 27.5 Å². The van der Waals surface area contributed by atoms with Gasteiger partial charge in [0.25, 0.3) is 5.91 Å². The fraction of sp³-hybridized carbons (Fsp3) is 0.400. The molecule has 1 heterocycles. The van der Waals surface area contributed by atoms with Gasteiger partial charge in [-0.3, -0.25) is 4.79 Å². The molecule has 1 aromatic rings. The lowest BCUT2D eigenvalue weighted by molar-refractivity contribution is -0.122. The molecular formula is C15H16BrClN2O. The topological polar surface area (TPSA) is 41.8 Å². The van der Waals surface area contributed by atoms with E-state index in [-0.39, 0.29) is 17.7 Å². The third-order valence-corrected chi connectivity index (χ3v) is 4.34. The average molecular weight is 356 g/mol. The van der Waals surface area contributed by atoms with Crippen LogP contribution in [0, 0.1) is 11.8 Å². The van der Waals surface area contributed by atoms with E-state index >= 15 is 0 Å². The number of azo groups is 1. The maximum absolute atomic E-state index is 11.7. The Bertz CT molecular complexity index is 581. The van der Waals surface area contributed by atoms with Gasteiger partial charge in [-0.1, -0.05) is 41.9 Å². The van der Waals surface area contributed by atoms with Crippen LogP contribution < -0.4 is 0 Å². The van der Waals surface area contributed by atoms with Crippen molar-refractivity contribution < 1.29 is 4.79 Å². The van der Waals surface area contributed by atoms with Gasteiger partial charge in [-0.15, -0.1) is 16.7 Å². The van der Waals surface area contributed by atoms with Crippen LogP contribution in [0.2, 0.25) is 0 Å². The summed E-state index contributed by atoms with van der Waals surface area (Å²) in [5.41, 5.74) is 3.01. The molecule has 0 saturated heterocycles. The fourth-order valence-corrected chi connectivity index (χ4v) is 2.81. The molecule has 1 atom stereocenters. The highest BCUT2D eigenvalue weighted by atomic mass is 79.9. The van der Waals surface area contributed by atoms with Gasteiger partial charge in [-0.25, -0.2) is 0 Å². The average Bonchev–Trinajstić information content (AvgIpc) is 2.42. The van der Waals surface area contributed by atoms with E-state index in [1.165, 1.54) is 0 Å². The molecule has 3 nitrogen and oxygen atoms in total. The van der Waals surface area contributed by atoms with Crippen molar-refractivity contribution >= 4 is 33.4 Å². The molecule has 2 rings (SSSR count). The van der Waals surface area contributed by atoms with E-state index in [2.05, 4.69) is 26.2 Å². The second-order valence-corrected chi connectivity index (χ2v) is 6.32. The van der Waals surface area contributed by atoms with Gasteiger partial charge in [0.15, 0.2) is 0 Å². The molecule has 5 heteroatoms. The maximum Gasteiger partial charge on any atom is 0.271 e. The highest BCUT2D eigenvalue weighted by Crippen LogP contribution is 2.27. The third-order valence-electron chi connectivity index (χ3n) is 3.30. The number of amides is 1. The minimum absolute atomic E-state index is 0.152. The molecule has 0 saturated carbocycles. The smallest absolute Gasteiger partial charge is 0.270 e. The molecule has 0 aliphatic carbocycles. The molecule has 1 aliphatic rings. The standard InChI is InChI=1S/C15H16BrClN2O/c1-9(2)13-7-12(18-19-15(13)20)6-11-4-3-10(8-17)5-14(11)16/h3-5,7,9,13H,6,8H2,1-2H3. The molecule has 0 spiro atoms. The zero-order chi connectivity index (χ0) is 14.7. The van der Waals surface area contributed by atoms with Gasteiger partial charge in [0.2, 0.25) is 0 Å². The number of carbonyl (C=O) groups excluding carboxylic acids is 1. The van der Waals surface area contributed by atoms with Crippen LogP contribution in [0.15, 0.2) is 44.7 Å². The first-order valence-electron chi connectivity index (χ1n) is 6.50. The Morgan fingerprint density at radius 1 is 1.35 bits per heavy atom. The summed E-state index contributed by atoms with van der Waals surface area (Å²) in [5, 5.41) is 7.77. The lowest BCUT2D eigenvalue weighted by atomic mass is 9.92. The SMILES string of the molecule is CC(C)C1C=C(Cc2ccc(CCl)cc2Br)N=NC1=O. The normalized spacial score (nSPS) is 18.6. The molecule has 20 heavy (non-hydrogen) atoms. The third kappa shape index (κ3) is 3.55. The van der Waals surface area contributed by atoms with Crippen molar-refractivity contribution in [1.29, 1.82) is 0 Å². The van der Waals surface area contributed by atoms with Gasteiger partial charge < -0.3 is 0 Å². The van der Waals surface area contributed by atoms with Crippen LogP contribution in [0.3, 0.4) is 0 Å². The van der Waals surface area contributed by atoms with Crippen LogP contribution in [0.25, 0.3) is 0 Å². The lowest BCUT2D eigenvalue weighted by Crippen LogP contribution is -2.19. The number of carbonyl (C=O) groups is 1. The number of halogens is 2. The first-order valence-corrected chi connectivity index (χ1v) is 7.83. The zero-order valence-corrected chi connectivity index (χ0v) is 13.8. The van der Waals surface area contributed by atoms with Gasteiger partial charge >= 0.3 is 0 Å². The molecule has 1 amide bonds. The van der Waals surface area contributed by atoms with E-state index in [9.17, 15) is 4.79 Å². The van der Waals surface area contributed by atoms with Crippen molar-refractivity contribution in [2.75, 3.05) is 0 Å². The summed E-state index contributed by atoms with van der Waals surface area (Å²) in [6.07, 6.45) is 2.59. The van der Waals surface area contributed by atoms with E-state index in [1.54, 1.807) is 0 Å².